The summed E-state index contributed by atoms with van der Waals surface area (Å²) < 4.78 is 7.44. The minimum absolute atomic E-state index is 0.405. The van der Waals surface area contributed by atoms with Crippen LogP contribution in [0.1, 0.15) is 5.56 Å². The molecule has 0 unspecified atom stereocenters. The second-order valence-corrected chi connectivity index (χ2v) is 6.06. The van der Waals surface area contributed by atoms with Gasteiger partial charge in [-0.3, -0.25) is 0 Å². The van der Waals surface area contributed by atoms with Crippen molar-refractivity contribution in [2.24, 2.45) is 0 Å². The van der Waals surface area contributed by atoms with Crippen LogP contribution in [0.25, 0.3) is 0 Å². The third-order valence-electron chi connectivity index (χ3n) is 1.58. The van der Waals surface area contributed by atoms with E-state index in [-0.39, 0.29) is 0 Å². The Morgan fingerprint density at radius 3 is 2.56 bits per heavy atom. The van der Waals surface area contributed by atoms with Crippen LogP contribution in [-0.2, 0) is 4.79 Å². The standard InChI is InChI=1S/C9H4I3NO3/c10-5-1-6(11)9(16-3-7(14)15)8(12)4(5)2-13/h1H,3H2,(H,14,15). The SMILES string of the molecule is N#Cc1c(I)cc(I)c(OCC(=O)O)c1I. The Bertz CT molecular complexity index is 482. The molecule has 0 heterocycles. The maximum absolute atomic E-state index is 10.4. The number of carboxylic acids is 1. The molecule has 0 aromatic heterocycles. The molecular weight excluding hydrogens is 551 g/mol. The van der Waals surface area contributed by atoms with Crippen molar-refractivity contribution in [1.29, 1.82) is 5.26 Å². The lowest BCUT2D eigenvalue weighted by Gasteiger charge is -2.10. The summed E-state index contributed by atoms with van der Waals surface area (Å²) >= 11 is 6.11. The summed E-state index contributed by atoms with van der Waals surface area (Å²) in [7, 11) is 0. The van der Waals surface area contributed by atoms with Gasteiger partial charge in [0.05, 0.1) is 12.7 Å². The van der Waals surface area contributed by atoms with Crippen molar-refractivity contribution < 1.29 is 14.6 Å². The number of aliphatic carboxylic acids is 1. The molecule has 0 aliphatic carbocycles. The molecule has 1 aromatic carbocycles. The Morgan fingerprint density at radius 2 is 2.06 bits per heavy atom. The van der Waals surface area contributed by atoms with Crippen LogP contribution < -0.4 is 4.74 Å². The van der Waals surface area contributed by atoms with Gasteiger partial charge in [-0.1, -0.05) is 0 Å². The highest BCUT2D eigenvalue weighted by Crippen LogP contribution is 2.33. The van der Waals surface area contributed by atoms with Crippen molar-refractivity contribution >= 4 is 73.7 Å². The second kappa shape index (κ2) is 6.20. The lowest BCUT2D eigenvalue weighted by molar-refractivity contribution is -0.139. The fourth-order valence-corrected chi connectivity index (χ4v) is 4.86. The predicted molar refractivity (Wildman–Crippen MR) is 82.4 cm³/mol. The lowest BCUT2D eigenvalue weighted by Crippen LogP contribution is -2.11. The molecule has 0 atom stereocenters. The summed E-state index contributed by atoms with van der Waals surface area (Å²) in [5, 5.41) is 17.5. The van der Waals surface area contributed by atoms with Gasteiger partial charge in [0.1, 0.15) is 11.8 Å². The quantitative estimate of drug-likeness (QED) is 0.584. The van der Waals surface area contributed by atoms with E-state index in [1.165, 1.54) is 0 Å². The van der Waals surface area contributed by atoms with Gasteiger partial charge in [-0.15, -0.1) is 0 Å². The number of ether oxygens (including phenoxy) is 1. The number of carbonyl (C=O) groups is 1. The Labute approximate surface area is 133 Å². The first-order chi connectivity index (χ1) is 7.47. The maximum Gasteiger partial charge on any atom is 0.341 e. The Balaban J connectivity index is 3.19. The average Bonchev–Trinajstić information content (AvgIpc) is 2.16. The van der Waals surface area contributed by atoms with Crippen LogP contribution in [0.2, 0.25) is 0 Å². The topological polar surface area (TPSA) is 70.3 Å². The van der Waals surface area contributed by atoms with Crippen LogP contribution in [0, 0.1) is 22.0 Å². The molecule has 0 fully saturated rings. The highest BCUT2D eigenvalue weighted by atomic mass is 127. The van der Waals surface area contributed by atoms with Gasteiger partial charge in [-0.25, -0.2) is 4.79 Å². The van der Waals surface area contributed by atoms with Crippen LogP contribution in [-0.4, -0.2) is 17.7 Å². The van der Waals surface area contributed by atoms with Crippen molar-refractivity contribution in [2.75, 3.05) is 6.61 Å². The third-order valence-corrected chi connectivity index (χ3v) is 4.26. The van der Waals surface area contributed by atoms with E-state index in [1.54, 1.807) is 6.07 Å². The summed E-state index contributed by atoms with van der Waals surface area (Å²) in [6, 6.07) is 3.86. The molecule has 1 aromatic rings. The van der Waals surface area contributed by atoms with Gasteiger partial charge in [0.2, 0.25) is 0 Å². The Kier molecular flexibility index (Phi) is 5.51. The Hall–Kier alpha value is 0.170. The molecule has 4 nitrogen and oxygen atoms in total. The fourth-order valence-electron chi connectivity index (χ4n) is 0.941. The number of nitrogens with zero attached hydrogens (tertiary/aromatic N) is 1. The van der Waals surface area contributed by atoms with Gasteiger partial charge in [0.15, 0.2) is 6.61 Å². The number of nitriles is 1. The maximum atomic E-state index is 10.4. The number of hydrogen-bond acceptors (Lipinski definition) is 3. The first kappa shape index (κ1) is 14.2. The van der Waals surface area contributed by atoms with E-state index >= 15 is 0 Å². The molecular formula is C9H4I3NO3. The number of halogens is 3. The van der Waals surface area contributed by atoms with Crippen molar-refractivity contribution in [3.05, 3.63) is 22.3 Å². The number of carboxylic acid groups (broad SMARTS) is 1. The summed E-state index contributed by atoms with van der Waals surface area (Å²) in [6.45, 7) is -0.405. The molecule has 0 spiro atoms. The smallest absolute Gasteiger partial charge is 0.341 e. The zero-order valence-corrected chi connectivity index (χ0v) is 14.1. The van der Waals surface area contributed by atoms with Gasteiger partial charge in [-0.2, -0.15) is 5.26 Å². The van der Waals surface area contributed by atoms with E-state index < -0.39 is 12.6 Å². The van der Waals surface area contributed by atoms with Crippen molar-refractivity contribution in [2.45, 2.75) is 0 Å². The molecule has 1 N–H and O–H groups in total. The first-order valence-corrected chi connectivity index (χ1v) is 7.13. The predicted octanol–water partition coefficient (Wildman–Crippen LogP) is 2.84. The zero-order chi connectivity index (χ0) is 12.3. The van der Waals surface area contributed by atoms with E-state index in [0.717, 1.165) is 7.14 Å². The van der Waals surface area contributed by atoms with Gasteiger partial charge < -0.3 is 9.84 Å². The van der Waals surface area contributed by atoms with Gasteiger partial charge in [0, 0.05) is 3.57 Å². The molecule has 0 amide bonds. The van der Waals surface area contributed by atoms with Gasteiger partial charge in [-0.05, 0) is 73.8 Å². The Morgan fingerprint density at radius 1 is 1.44 bits per heavy atom. The van der Waals surface area contributed by atoms with E-state index in [9.17, 15) is 4.79 Å². The molecule has 0 bridgehead atoms. The molecule has 0 saturated carbocycles. The van der Waals surface area contributed by atoms with E-state index in [4.69, 9.17) is 15.1 Å². The molecule has 84 valence electrons. The monoisotopic (exact) mass is 555 g/mol. The lowest BCUT2D eigenvalue weighted by atomic mass is 10.2. The highest BCUT2D eigenvalue weighted by Gasteiger charge is 2.15. The van der Waals surface area contributed by atoms with Crippen LogP contribution in [0.3, 0.4) is 0 Å². The number of benzene rings is 1. The van der Waals surface area contributed by atoms with Crippen molar-refractivity contribution in [1.82, 2.24) is 0 Å². The van der Waals surface area contributed by atoms with E-state index in [0.29, 0.717) is 14.9 Å². The minimum Gasteiger partial charge on any atom is -0.480 e. The van der Waals surface area contributed by atoms with E-state index in [1.807, 2.05) is 22.6 Å². The molecule has 0 aliphatic heterocycles. The summed E-state index contributed by atoms with van der Waals surface area (Å²) in [4.78, 5) is 10.4. The summed E-state index contributed by atoms with van der Waals surface area (Å²) in [5.41, 5.74) is 0.516. The molecule has 1 rings (SSSR count). The first-order valence-electron chi connectivity index (χ1n) is 3.89. The largest absolute Gasteiger partial charge is 0.480 e. The average molecular weight is 555 g/mol. The number of rotatable bonds is 3. The molecule has 0 radical (unpaired) electrons. The molecule has 16 heavy (non-hydrogen) atoms. The van der Waals surface area contributed by atoms with Crippen LogP contribution in [0.15, 0.2) is 6.07 Å². The normalized spacial score (nSPS) is 9.62. The minimum atomic E-state index is -1.04. The van der Waals surface area contributed by atoms with Crippen LogP contribution >= 0.6 is 67.8 Å². The molecule has 7 heteroatoms. The van der Waals surface area contributed by atoms with Crippen LogP contribution in [0.5, 0.6) is 5.75 Å². The fraction of sp³-hybridized carbons (Fsp3) is 0.111. The highest BCUT2D eigenvalue weighted by molar-refractivity contribution is 14.1. The zero-order valence-electron chi connectivity index (χ0n) is 7.63. The number of hydrogen-bond donors (Lipinski definition) is 1. The van der Waals surface area contributed by atoms with Gasteiger partial charge >= 0.3 is 5.97 Å². The summed E-state index contributed by atoms with van der Waals surface area (Å²) in [6.07, 6.45) is 0. The van der Waals surface area contributed by atoms with E-state index in [2.05, 4.69) is 51.3 Å². The van der Waals surface area contributed by atoms with Crippen LogP contribution in [0.4, 0.5) is 0 Å². The van der Waals surface area contributed by atoms with Crippen molar-refractivity contribution in [3.8, 4) is 11.8 Å². The second-order valence-electron chi connectivity index (χ2n) is 2.65. The van der Waals surface area contributed by atoms with Gasteiger partial charge in [0.25, 0.3) is 0 Å². The van der Waals surface area contributed by atoms with Crippen molar-refractivity contribution in [3.63, 3.8) is 0 Å². The molecule has 0 saturated heterocycles. The third kappa shape index (κ3) is 3.33. The molecule has 0 aliphatic rings. The summed E-state index contributed by atoms with van der Waals surface area (Å²) in [5.74, 6) is -0.579.